The predicted molar refractivity (Wildman–Crippen MR) is 113 cm³/mol. The Balaban J connectivity index is 1.24. The van der Waals surface area contributed by atoms with E-state index >= 15 is 0 Å². The third kappa shape index (κ3) is 3.75. The van der Waals surface area contributed by atoms with Crippen molar-refractivity contribution in [2.45, 2.75) is 30.5 Å². The Bertz CT molecular complexity index is 1080. The van der Waals surface area contributed by atoms with E-state index in [1.54, 1.807) is 22.6 Å². The van der Waals surface area contributed by atoms with Crippen LogP contribution in [-0.4, -0.2) is 51.3 Å². The Morgan fingerprint density at radius 3 is 2.93 bits per heavy atom. The van der Waals surface area contributed by atoms with Gasteiger partial charge in [0.05, 0.1) is 12.7 Å². The average molecular weight is 423 g/mol. The Morgan fingerprint density at radius 1 is 1.20 bits per heavy atom. The summed E-state index contributed by atoms with van der Waals surface area (Å²) in [4.78, 5) is 16.0. The molecule has 0 saturated carbocycles. The normalized spacial score (nSPS) is 17.5. The highest BCUT2D eigenvalue weighted by atomic mass is 32.2. The molecule has 30 heavy (non-hydrogen) atoms. The number of para-hydroxylation sites is 2. The molecule has 2 aliphatic heterocycles. The predicted octanol–water partition coefficient (Wildman–Crippen LogP) is 3.04. The molecule has 3 aromatic rings. The fraction of sp³-hybridized carbons (Fsp3) is 0.318. The summed E-state index contributed by atoms with van der Waals surface area (Å²) in [6, 6.07) is 14.1. The van der Waals surface area contributed by atoms with Gasteiger partial charge in [-0.05, 0) is 48.1 Å². The summed E-state index contributed by atoms with van der Waals surface area (Å²) in [5, 5.41) is 8.24. The van der Waals surface area contributed by atoms with Gasteiger partial charge in [0.15, 0.2) is 23.3 Å². The van der Waals surface area contributed by atoms with Crippen LogP contribution in [0.4, 0.5) is 0 Å². The Morgan fingerprint density at radius 2 is 2.07 bits per heavy atom. The Hall–Kier alpha value is -3.00. The molecule has 3 heterocycles. The van der Waals surface area contributed by atoms with Crippen LogP contribution in [0.15, 0.2) is 53.6 Å². The maximum atomic E-state index is 13.0. The molecule has 5 rings (SSSR count). The van der Waals surface area contributed by atoms with Crippen LogP contribution >= 0.6 is 11.8 Å². The lowest BCUT2D eigenvalue weighted by Gasteiger charge is -2.28. The van der Waals surface area contributed by atoms with Crippen LogP contribution in [0, 0.1) is 0 Å². The SMILES string of the molecule is CSc1ccc2c(c1)CCN(C(=O)c1cn(CC3COc4ccccc4O3)nn1)C2. The molecule has 2 aromatic carbocycles. The van der Waals surface area contributed by atoms with Crippen LogP contribution in [0.1, 0.15) is 21.6 Å². The lowest BCUT2D eigenvalue weighted by atomic mass is 10.00. The van der Waals surface area contributed by atoms with Crippen molar-refractivity contribution in [1.29, 1.82) is 0 Å². The highest BCUT2D eigenvalue weighted by Crippen LogP contribution is 2.31. The zero-order valence-corrected chi connectivity index (χ0v) is 17.5. The molecular formula is C22H22N4O3S. The fourth-order valence-electron chi connectivity index (χ4n) is 3.84. The van der Waals surface area contributed by atoms with Crippen LogP contribution < -0.4 is 9.47 Å². The lowest BCUT2D eigenvalue weighted by molar-refractivity contribution is 0.0726. The van der Waals surface area contributed by atoms with Crippen molar-refractivity contribution in [3.63, 3.8) is 0 Å². The lowest BCUT2D eigenvalue weighted by Crippen LogP contribution is -2.36. The van der Waals surface area contributed by atoms with E-state index in [0.29, 0.717) is 31.9 Å². The van der Waals surface area contributed by atoms with Gasteiger partial charge in [-0.15, -0.1) is 16.9 Å². The number of hydrogen-bond acceptors (Lipinski definition) is 6. The first kappa shape index (κ1) is 19.0. The average Bonchev–Trinajstić information content (AvgIpc) is 3.26. The summed E-state index contributed by atoms with van der Waals surface area (Å²) in [7, 11) is 0. The number of ether oxygens (including phenoxy) is 2. The molecule has 1 atom stereocenters. The third-order valence-corrected chi connectivity index (χ3v) is 6.15. The minimum atomic E-state index is -0.183. The number of benzene rings is 2. The van der Waals surface area contributed by atoms with Gasteiger partial charge < -0.3 is 14.4 Å². The van der Waals surface area contributed by atoms with E-state index < -0.39 is 0 Å². The molecular weight excluding hydrogens is 400 g/mol. The van der Waals surface area contributed by atoms with Gasteiger partial charge in [-0.1, -0.05) is 23.4 Å². The van der Waals surface area contributed by atoms with Crippen LogP contribution in [-0.2, 0) is 19.5 Å². The molecule has 1 aromatic heterocycles. The number of hydrogen-bond donors (Lipinski definition) is 0. The molecule has 154 valence electrons. The molecule has 8 heteroatoms. The van der Waals surface area contributed by atoms with Crippen molar-refractivity contribution in [3.8, 4) is 11.5 Å². The molecule has 0 spiro atoms. The number of fused-ring (bicyclic) bond motifs is 2. The third-order valence-electron chi connectivity index (χ3n) is 5.43. The molecule has 0 bridgehead atoms. The molecule has 1 unspecified atom stereocenters. The van der Waals surface area contributed by atoms with Crippen molar-refractivity contribution in [2.75, 3.05) is 19.4 Å². The Labute approximate surface area is 179 Å². The Kier molecular flexibility index (Phi) is 5.08. The standard InChI is InChI=1S/C22H22N4O3S/c1-30-18-7-6-16-11-25(9-8-15(16)10-18)22(27)19-13-26(24-23-19)12-17-14-28-20-4-2-3-5-21(20)29-17/h2-7,10,13,17H,8-9,11-12,14H2,1H3. The molecule has 7 nitrogen and oxygen atoms in total. The van der Waals surface area contributed by atoms with Crippen molar-refractivity contribution in [2.24, 2.45) is 0 Å². The molecule has 0 N–H and O–H groups in total. The number of amides is 1. The number of nitrogens with zero attached hydrogens (tertiary/aromatic N) is 4. The maximum absolute atomic E-state index is 13.0. The van der Waals surface area contributed by atoms with Crippen LogP contribution in [0.3, 0.4) is 0 Å². The highest BCUT2D eigenvalue weighted by molar-refractivity contribution is 7.98. The van der Waals surface area contributed by atoms with Gasteiger partial charge in [0.1, 0.15) is 6.61 Å². The van der Waals surface area contributed by atoms with E-state index in [1.165, 1.54) is 16.0 Å². The van der Waals surface area contributed by atoms with Gasteiger partial charge in [0, 0.05) is 18.0 Å². The van der Waals surface area contributed by atoms with Crippen LogP contribution in [0.5, 0.6) is 11.5 Å². The summed E-state index contributed by atoms with van der Waals surface area (Å²) >= 11 is 1.74. The van der Waals surface area contributed by atoms with E-state index in [0.717, 1.165) is 17.9 Å². The summed E-state index contributed by atoms with van der Waals surface area (Å²) in [6.45, 7) is 2.19. The monoisotopic (exact) mass is 422 g/mol. The van der Waals surface area contributed by atoms with Crippen LogP contribution in [0.25, 0.3) is 0 Å². The first-order valence-electron chi connectivity index (χ1n) is 9.93. The minimum Gasteiger partial charge on any atom is -0.486 e. The summed E-state index contributed by atoms with van der Waals surface area (Å²) in [5.74, 6) is 1.38. The second-order valence-electron chi connectivity index (χ2n) is 7.43. The summed E-state index contributed by atoms with van der Waals surface area (Å²) < 4.78 is 13.4. The van der Waals surface area contributed by atoms with Crippen molar-refractivity contribution < 1.29 is 14.3 Å². The van der Waals surface area contributed by atoms with Gasteiger partial charge in [-0.3, -0.25) is 4.79 Å². The number of aromatic nitrogens is 3. The largest absolute Gasteiger partial charge is 0.486 e. The van der Waals surface area contributed by atoms with E-state index in [9.17, 15) is 4.79 Å². The van der Waals surface area contributed by atoms with Gasteiger partial charge in [-0.2, -0.15) is 0 Å². The van der Waals surface area contributed by atoms with E-state index in [4.69, 9.17) is 9.47 Å². The van der Waals surface area contributed by atoms with Gasteiger partial charge >= 0.3 is 0 Å². The topological polar surface area (TPSA) is 69.5 Å². The smallest absolute Gasteiger partial charge is 0.276 e. The summed E-state index contributed by atoms with van der Waals surface area (Å²) in [5.41, 5.74) is 2.88. The number of carbonyl (C=O) groups is 1. The van der Waals surface area contributed by atoms with Gasteiger partial charge in [0.25, 0.3) is 5.91 Å². The number of thioether (sulfide) groups is 1. The molecule has 0 fully saturated rings. The minimum absolute atomic E-state index is 0.0907. The molecule has 0 radical (unpaired) electrons. The molecule has 0 aliphatic carbocycles. The molecule has 2 aliphatic rings. The number of rotatable bonds is 4. The van der Waals surface area contributed by atoms with Gasteiger partial charge in [-0.25, -0.2) is 4.68 Å². The van der Waals surface area contributed by atoms with Gasteiger partial charge in [0.2, 0.25) is 0 Å². The first-order chi connectivity index (χ1) is 14.7. The summed E-state index contributed by atoms with van der Waals surface area (Å²) in [6.07, 6.45) is 4.44. The van der Waals surface area contributed by atoms with E-state index in [2.05, 4.69) is 34.8 Å². The second-order valence-corrected chi connectivity index (χ2v) is 8.31. The quantitative estimate of drug-likeness (QED) is 0.602. The zero-order valence-electron chi connectivity index (χ0n) is 16.7. The van der Waals surface area contributed by atoms with E-state index in [-0.39, 0.29) is 12.0 Å². The highest BCUT2D eigenvalue weighted by Gasteiger charge is 2.26. The van der Waals surface area contributed by atoms with Crippen molar-refractivity contribution in [1.82, 2.24) is 19.9 Å². The molecule has 0 saturated heterocycles. The first-order valence-corrected chi connectivity index (χ1v) is 11.2. The van der Waals surface area contributed by atoms with Crippen molar-refractivity contribution >= 4 is 17.7 Å². The number of carbonyl (C=O) groups excluding carboxylic acids is 1. The van der Waals surface area contributed by atoms with Crippen LogP contribution in [0.2, 0.25) is 0 Å². The second kappa shape index (κ2) is 8.02. The molecule has 1 amide bonds. The zero-order chi connectivity index (χ0) is 20.5. The van der Waals surface area contributed by atoms with Crippen molar-refractivity contribution in [3.05, 3.63) is 65.5 Å². The maximum Gasteiger partial charge on any atom is 0.276 e. The van der Waals surface area contributed by atoms with E-state index in [1.807, 2.05) is 29.2 Å². The fourth-order valence-corrected chi connectivity index (χ4v) is 4.30.